The third-order valence-corrected chi connectivity index (χ3v) is 3.18. The van der Waals surface area contributed by atoms with Crippen molar-refractivity contribution in [3.63, 3.8) is 0 Å². The fourth-order valence-corrected chi connectivity index (χ4v) is 1.99. The minimum Gasteiger partial charge on any atom is -0.467 e. The number of nitrogens with two attached hydrogens (primary N) is 1. The first-order valence-corrected chi connectivity index (χ1v) is 7.91. The quantitative estimate of drug-likeness (QED) is 0.238. The highest BCUT2D eigenvalue weighted by Crippen LogP contribution is 2.22. The molecular weight excluding hydrogens is 478 g/mol. The Kier molecular flexibility index (Phi) is 10.0. The van der Waals surface area contributed by atoms with Gasteiger partial charge >= 0.3 is 6.36 Å². The van der Waals surface area contributed by atoms with Crippen molar-refractivity contribution in [1.82, 2.24) is 5.32 Å². The summed E-state index contributed by atoms with van der Waals surface area (Å²) in [4.78, 5) is 4.12. The van der Waals surface area contributed by atoms with Gasteiger partial charge in [0.1, 0.15) is 18.1 Å². The van der Waals surface area contributed by atoms with Gasteiger partial charge in [-0.2, -0.15) is 0 Å². The Morgan fingerprint density at radius 2 is 1.93 bits per heavy atom. The normalized spacial score (nSPS) is 11.7. The van der Waals surface area contributed by atoms with Crippen molar-refractivity contribution in [3.05, 3.63) is 54.0 Å². The average Bonchev–Trinajstić information content (AvgIpc) is 3.09. The molecule has 0 aliphatic heterocycles. The van der Waals surface area contributed by atoms with Gasteiger partial charge in [0.25, 0.3) is 0 Å². The summed E-state index contributed by atoms with van der Waals surface area (Å²) >= 11 is 0. The van der Waals surface area contributed by atoms with Gasteiger partial charge in [-0.15, -0.1) is 37.1 Å². The van der Waals surface area contributed by atoms with Gasteiger partial charge in [0.15, 0.2) is 5.96 Å². The highest BCUT2D eigenvalue weighted by atomic mass is 127. The fraction of sp³-hybridized carbons (Fsp3) is 0.353. The van der Waals surface area contributed by atoms with Gasteiger partial charge in [-0.25, -0.2) is 4.99 Å². The van der Waals surface area contributed by atoms with Crippen molar-refractivity contribution in [2.45, 2.75) is 25.9 Å². The molecule has 1 aromatic carbocycles. The number of hydrogen-bond donors (Lipinski definition) is 2. The third kappa shape index (κ3) is 10.1. The lowest BCUT2D eigenvalue weighted by molar-refractivity contribution is -0.274. The van der Waals surface area contributed by atoms with Gasteiger partial charge in [-0.1, -0.05) is 12.1 Å². The van der Waals surface area contributed by atoms with E-state index in [1.54, 1.807) is 12.3 Å². The minimum absolute atomic E-state index is 0. The Bertz CT molecular complexity index is 677. The predicted octanol–water partition coefficient (Wildman–Crippen LogP) is 3.81. The molecule has 1 heterocycles. The maximum Gasteiger partial charge on any atom is 0.573 e. The summed E-state index contributed by atoms with van der Waals surface area (Å²) in [5.41, 5.74) is 6.45. The second-order valence-corrected chi connectivity index (χ2v) is 5.31. The Morgan fingerprint density at radius 1 is 1.19 bits per heavy atom. The molecule has 1 aromatic heterocycles. The van der Waals surface area contributed by atoms with Crippen molar-refractivity contribution in [2.75, 3.05) is 13.2 Å². The Labute approximate surface area is 171 Å². The Morgan fingerprint density at radius 3 is 2.56 bits per heavy atom. The number of aliphatic imine (C=N–C) groups is 1. The molecule has 0 amide bonds. The summed E-state index contributed by atoms with van der Waals surface area (Å²) in [6, 6.07) is 9.11. The standard InChI is InChI=1S/C17H20F3N3O3.HI/c18-17(19,20)26-14-6-4-13(5-7-14)11-23-16(21)22-8-2-9-24-12-15-3-1-10-25-15;/h1,3-7,10H,2,8-9,11-12H2,(H3,21,22,23);1H. The van der Waals surface area contributed by atoms with E-state index in [2.05, 4.69) is 15.0 Å². The van der Waals surface area contributed by atoms with E-state index in [1.807, 2.05) is 6.07 Å². The largest absolute Gasteiger partial charge is 0.573 e. The number of alkyl halides is 3. The second kappa shape index (κ2) is 11.7. The molecule has 150 valence electrons. The summed E-state index contributed by atoms with van der Waals surface area (Å²) in [6.07, 6.45) is -2.37. The summed E-state index contributed by atoms with van der Waals surface area (Å²) in [5, 5.41) is 2.94. The molecule has 3 N–H and O–H groups in total. The molecule has 2 aromatic rings. The molecule has 10 heteroatoms. The molecule has 0 saturated heterocycles. The van der Waals surface area contributed by atoms with Crippen molar-refractivity contribution < 1.29 is 27.1 Å². The number of halogens is 4. The molecule has 0 aliphatic carbocycles. The fourth-order valence-electron chi connectivity index (χ4n) is 1.99. The number of nitrogens with zero attached hydrogens (tertiary/aromatic N) is 1. The highest BCUT2D eigenvalue weighted by Gasteiger charge is 2.30. The first-order chi connectivity index (χ1) is 12.4. The molecule has 0 unspecified atom stereocenters. The van der Waals surface area contributed by atoms with Crippen molar-refractivity contribution in [1.29, 1.82) is 0 Å². The molecule has 0 bridgehead atoms. The van der Waals surface area contributed by atoms with Crippen LogP contribution in [-0.2, 0) is 17.9 Å². The van der Waals surface area contributed by atoms with E-state index >= 15 is 0 Å². The van der Waals surface area contributed by atoms with Crippen molar-refractivity contribution >= 4 is 29.9 Å². The number of rotatable bonds is 9. The highest BCUT2D eigenvalue weighted by molar-refractivity contribution is 14.0. The van der Waals surface area contributed by atoms with Crippen LogP contribution in [0, 0.1) is 0 Å². The SMILES string of the molecule is I.NC(=NCc1ccc(OC(F)(F)F)cc1)NCCCOCc1ccco1. The van der Waals surface area contributed by atoms with Crippen LogP contribution in [0.5, 0.6) is 5.75 Å². The molecular formula is C17H21F3IN3O3. The second-order valence-electron chi connectivity index (χ2n) is 5.31. The van der Waals surface area contributed by atoms with E-state index in [4.69, 9.17) is 14.9 Å². The summed E-state index contributed by atoms with van der Waals surface area (Å²) in [5.74, 6) is 0.753. The number of benzene rings is 1. The maximum atomic E-state index is 12.1. The maximum absolute atomic E-state index is 12.1. The summed E-state index contributed by atoms with van der Waals surface area (Å²) in [6.45, 7) is 1.80. The zero-order chi connectivity index (χ0) is 18.8. The van der Waals surface area contributed by atoms with Crippen LogP contribution in [0.2, 0.25) is 0 Å². The molecule has 6 nitrogen and oxygen atoms in total. The molecule has 0 fully saturated rings. The van der Waals surface area contributed by atoms with E-state index in [-0.39, 0.29) is 42.2 Å². The number of furan rings is 1. The number of nitrogens with one attached hydrogen (secondary N) is 1. The predicted molar refractivity (Wildman–Crippen MR) is 105 cm³/mol. The van der Waals surface area contributed by atoms with Crippen LogP contribution in [0.15, 0.2) is 52.1 Å². The topological polar surface area (TPSA) is 82.0 Å². The molecule has 2 rings (SSSR count). The first-order valence-electron chi connectivity index (χ1n) is 7.91. The molecule has 0 radical (unpaired) electrons. The third-order valence-electron chi connectivity index (χ3n) is 3.18. The van der Waals surface area contributed by atoms with Crippen molar-refractivity contribution in [3.8, 4) is 5.75 Å². The van der Waals surface area contributed by atoms with Gasteiger partial charge in [-0.05, 0) is 36.2 Å². The molecule has 0 atom stereocenters. The lowest BCUT2D eigenvalue weighted by atomic mass is 10.2. The smallest absolute Gasteiger partial charge is 0.467 e. The average molecular weight is 499 g/mol. The Balaban J connectivity index is 0.00000364. The zero-order valence-electron chi connectivity index (χ0n) is 14.4. The molecule has 27 heavy (non-hydrogen) atoms. The van der Waals surface area contributed by atoms with Gasteiger partial charge < -0.3 is 24.9 Å². The van der Waals surface area contributed by atoms with Crippen LogP contribution in [0.25, 0.3) is 0 Å². The van der Waals surface area contributed by atoms with Crippen LogP contribution >= 0.6 is 24.0 Å². The number of ether oxygens (including phenoxy) is 2. The van der Waals surface area contributed by atoms with Crippen molar-refractivity contribution in [2.24, 2.45) is 10.7 Å². The van der Waals surface area contributed by atoms with E-state index in [1.165, 1.54) is 24.3 Å². The van der Waals surface area contributed by atoms with E-state index in [9.17, 15) is 13.2 Å². The van der Waals surface area contributed by atoms with E-state index in [0.717, 1.165) is 12.2 Å². The van der Waals surface area contributed by atoms with Crippen LogP contribution in [0.4, 0.5) is 13.2 Å². The molecule has 0 saturated carbocycles. The van der Waals surface area contributed by atoms with Crippen LogP contribution in [-0.4, -0.2) is 25.5 Å². The van der Waals surface area contributed by atoms with Gasteiger partial charge in [0.05, 0.1) is 12.8 Å². The van der Waals surface area contributed by atoms with Gasteiger partial charge in [-0.3, -0.25) is 0 Å². The first kappa shape index (κ1) is 23.1. The molecule has 0 spiro atoms. The lowest BCUT2D eigenvalue weighted by Crippen LogP contribution is -2.32. The monoisotopic (exact) mass is 499 g/mol. The number of guanidine groups is 1. The van der Waals surface area contributed by atoms with E-state index in [0.29, 0.717) is 25.3 Å². The summed E-state index contributed by atoms with van der Waals surface area (Å²) in [7, 11) is 0. The summed E-state index contributed by atoms with van der Waals surface area (Å²) < 4.78 is 50.6. The van der Waals surface area contributed by atoms with Crippen LogP contribution in [0.3, 0.4) is 0 Å². The zero-order valence-corrected chi connectivity index (χ0v) is 16.7. The lowest BCUT2D eigenvalue weighted by Gasteiger charge is -2.09. The Hall–Kier alpha value is -1.95. The van der Waals surface area contributed by atoms with Gasteiger partial charge in [0.2, 0.25) is 0 Å². The number of hydrogen-bond acceptors (Lipinski definition) is 4. The van der Waals surface area contributed by atoms with Crippen LogP contribution < -0.4 is 15.8 Å². The van der Waals surface area contributed by atoms with Crippen LogP contribution in [0.1, 0.15) is 17.7 Å². The minimum atomic E-state index is -4.70. The molecule has 0 aliphatic rings. The van der Waals surface area contributed by atoms with E-state index < -0.39 is 6.36 Å². The van der Waals surface area contributed by atoms with Gasteiger partial charge in [0, 0.05) is 13.2 Å².